The molecular weight excluding hydrogens is 380 g/mol. The Hall–Kier alpha value is -3.17. The number of aromatic hydroxyl groups is 1. The van der Waals surface area contributed by atoms with Gasteiger partial charge in [0.1, 0.15) is 23.6 Å². The Morgan fingerprint density at radius 1 is 1.28 bits per heavy atom. The second kappa shape index (κ2) is 5.46. The molecule has 0 bridgehead atoms. The highest BCUT2D eigenvalue weighted by Crippen LogP contribution is 2.57. The average molecular weight is 396 g/mol. The van der Waals surface area contributed by atoms with Gasteiger partial charge >= 0.3 is 5.97 Å². The first-order chi connectivity index (χ1) is 13.7. The van der Waals surface area contributed by atoms with Crippen molar-refractivity contribution in [3.8, 4) is 5.75 Å². The molecule has 1 aromatic carbocycles. The van der Waals surface area contributed by atoms with Gasteiger partial charge in [0.05, 0.1) is 16.7 Å². The van der Waals surface area contributed by atoms with Crippen molar-refractivity contribution in [1.82, 2.24) is 0 Å². The van der Waals surface area contributed by atoms with Gasteiger partial charge in [-0.15, -0.1) is 0 Å². The van der Waals surface area contributed by atoms with E-state index in [1.807, 2.05) is 5.11 Å². The number of fused-ring (bicyclic) bond motifs is 3. The number of rotatable bonds is 2. The Bertz CT molecular complexity index is 1120. The van der Waals surface area contributed by atoms with Crippen molar-refractivity contribution >= 4 is 17.5 Å². The summed E-state index contributed by atoms with van der Waals surface area (Å²) in [6, 6.07) is 2.94. The number of hydrogen-bond donors (Lipinski definition) is 3. The number of aliphatic hydroxyl groups is 1. The van der Waals surface area contributed by atoms with Crippen molar-refractivity contribution in [3.05, 3.63) is 57.1 Å². The molecule has 1 heterocycles. The van der Waals surface area contributed by atoms with Crippen LogP contribution in [0.3, 0.4) is 0 Å². The molecule has 3 N–H and O–H groups in total. The topological polar surface area (TPSA) is 150 Å². The van der Waals surface area contributed by atoms with E-state index < -0.39 is 47.5 Å². The number of ether oxygens (including phenoxy) is 2. The second-order valence-electron chi connectivity index (χ2n) is 7.73. The number of esters is 1. The summed E-state index contributed by atoms with van der Waals surface area (Å²) in [7, 11) is 0. The second-order valence-corrected chi connectivity index (χ2v) is 7.73. The lowest BCUT2D eigenvalue weighted by Crippen LogP contribution is -2.74. The molecule has 3 aliphatic carbocycles. The highest BCUT2D eigenvalue weighted by molar-refractivity contribution is 6.31. The number of hydrogen-bond acceptors (Lipinski definition) is 7. The van der Waals surface area contributed by atoms with E-state index in [2.05, 4.69) is 0 Å². The van der Waals surface area contributed by atoms with Crippen LogP contribution in [-0.2, 0) is 14.3 Å². The molecule has 9 heteroatoms. The molecule has 1 aromatic rings. The van der Waals surface area contributed by atoms with Crippen LogP contribution >= 0.6 is 0 Å². The van der Waals surface area contributed by atoms with Gasteiger partial charge in [0.15, 0.2) is 17.9 Å². The molecule has 29 heavy (non-hydrogen) atoms. The van der Waals surface area contributed by atoms with Crippen LogP contribution in [0.2, 0.25) is 0 Å². The van der Waals surface area contributed by atoms with Gasteiger partial charge < -0.3 is 30.3 Å². The van der Waals surface area contributed by atoms with E-state index in [4.69, 9.17) is 9.47 Å². The molecule has 1 unspecified atom stereocenters. The zero-order valence-corrected chi connectivity index (χ0v) is 15.4. The fourth-order valence-electron chi connectivity index (χ4n) is 4.85. The molecule has 1 saturated heterocycles. The van der Waals surface area contributed by atoms with Crippen LogP contribution in [-0.4, -0.2) is 57.7 Å². The minimum absolute atomic E-state index is 0.000441. The third-order valence-electron chi connectivity index (χ3n) is 6.12. The Morgan fingerprint density at radius 2 is 2.00 bits per heavy atom. The lowest BCUT2D eigenvalue weighted by Gasteiger charge is -2.30. The largest absolute Gasteiger partial charge is 0.508 e. The van der Waals surface area contributed by atoms with Gasteiger partial charge in [-0.3, -0.25) is 14.4 Å². The molecule has 0 saturated carbocycles. The third-order valence-corrected chi connectivity index (χ3v) is 6.12. The van der Waals surface area contributed by atoms with E-state index in [1.165, 1.54) is 25.1 Å². The Balaban J connectivity index is 1.76. The standard InChI is InChI=1S/C20H16N2O7/c1-6(23)28-18-13-11(17(27)19-20(18,2)29-19)10-12(14(13)22-21)16(26)9-7(15(10)25)4-3-5-8(9)24/h3-5,14,17-19,22,24,27H,1-2H3/t14?,17-,18+,19-,20+/m0/s1. The number of carbonyl (C=O) groups excluding carboxylic acids is 3. The van der Waals surface area contributed by atoms with E-state index in [-0.39, 0.29) is 39.2 Å². The van der Waals surface area contributed by atoms with Crippen molar-refractivity contribution in [2.45, 2.75) is 43.8 Å². The van der Waals surface area contributed by atoms with Gasteiger partial charge in [0.2, 0.25) is 5.78 Å². The highest BCUT2D eigenvalue weighted by atomic mass is 16.7. The first kappa shape index (κ1) is 17.9. The predicted molar refractivity (Wildman–Crippen MR) is 93.8 cm³/mol. The Labute approximate surface area is 164 Å². The molecule has 0 amide bonds. The van der Waals surface area contributed by atoms with E-state index in [9.17, 15) is 30.1 Å². The van der Waals surface area contributed by atoms with E-state index in [0.29, 0.717) is 0 Å². The zero-order valence-electron chi connectivity index (χ0n) is 15.4. The Kier molecular flexibility index (Phi) is 3.37. The smallest absolute Gasteiger partial charge is 0.303 e. The number of nitrogens with zero attached hydrogens (tertiary/aromatic N) is 1. The fourth-order valence-corrected chi connectivity index (χ4v) is 4.85. The van der Waals surface area contributed by atoms with E-state index in [0.717, 1.165) is 0 Å². The molecule has 1 fully saturated rings. The lowest BCUT2D eigenvalue weighted by atomic mass is 9.78. The third kappa shape index (κ3) is 2.03. The summed E-state index contributed by atoms with van der Waals surface area (Å²) < 4.78 is 11.1. The molecule has 148 valence electrons. The van der Waals surface area contributed by atoms with Crippen LogP contribution in [0.4, 0.5) is 0 Å². The first-order valence-corrected chi connectivity index (χ1v) is 9.05. The first-order valence-electron chi connectivity index (χ1n) is 9.05. The van der Waals surface area contributed by atoms with Crippen molar-refractivity contribution in [1.29, 1.82) is 0 Å². The molecule has 1 aliphatic heterocycles. The predicted octanol–water partition coefficient (Wildman–Crippen LogP) is -0.688. The number of ketones is 2. The van der Waals surface area contributed by atoms with Gasteiger partial charge in [-0.05, 0) is 13.0 Å². The summed E-state index contributed by atoms with van der Waals surface area (Å²) in [5, 5.41) is 23.1. The quantitative estimate of drug-likeness (QED) is 0.340. The van der Waals surface area contributed by atoms with Crippen molar-refractivity contribution < 1.29 is 39.2 Å². The SMILES string of the molecule is CC(=O)O[C@@H]1C2=C(C3=C(C(=O)c4c(O)cccc4C3=O)C2[NH+]=[N-])[C@H](O)[C@@H]2O[C@]12C. The van der Waals surface area contributed by atoms with Crippen molar-refractivity contribution in [3.63, 3.8) is 0 Å². The summed E-state index contributed by atoms with van der Waals surface area (Å²) >= 11 is 0. The number of aliphatic hydroxyl groups excluding tert-OH is 1. The highest BCUT2D eigenvalue weighted by Gasteiger charge is 2.71. The Morgan fingerprint density at radius 3 is 2.66 bits per heavy atom. The van der Waals surface area contributed by atoms with Crippen LogP contribution in [0.15, 0.2) is 40.5 Å². The number of phenolic OH excluding ortho intramolecular Hbond substituents is 1. The summed E-state index contributed by atoms with van der Waals surface area (Å²) in [5.74, 6) is -2.19. The molecule has 0 spiro atoms. The summed E-state index contributed by atoms with van der Waals surface area (Å²) in [4.78, 5) is 38.2. The molecule has 0 aromatic heterocycles. The fraction of sp³-hybridized carbons (Fsp3) is 0.350. The number of Topliss-reactive ketones (excluding diaryl/α,β-unsaturated/α-hetero) is 2. The lowest BCUT2D eigenvalue weighted by molar-refractivity contribution is -0.503. The van der Waals surface area contributed by atoms with Gasteiger partial charge in [-0.25, -0.2) is 0 Å². The molecule has 0 radical (unpaired) electrons. The van der Waals surface area contributed by atoms with Gasteiger partial charge in [-0.1, -0.05) is 12.1 Å². The number of benzene rings is 1. The zero-order chi connectivity index (χ0) is 20.8. The molecule has 4 aliphatic rings. The minimum atomic E-state index is -1.25. The minimum Gasteiger partial charge on any atom is -0.508 e. The van der Waals surface area contributed by atoms with Crippen molar-refractivity contribution in [2.24, 2.45) is 0 Å². The van der Waals surface area contributed by atoms with Crippen LogP contribution in [0.1, 0.15) is 34.6 Å². The van der Waals surface area contributed by atoms with E-state index in [1.54, 1.807) is 6.92 Å². The summed E-state index contributed by atoms with van der Waals surface area (Å²) in [5.41, 5.74) is 8.83. The summed E-state index contributed by atoms with van der Waals surface area (Å²) in [6.45, 7) is 2.86. The maximum absolute atomic E-state index is 13.3. The summed E-state index contributed by atoms with van der Waals surface area (Å²) in [6.07, 6.45) is -3.00. The maximum Gasteiger partial charge on any atom is 0.303 e. The van der Waals surface area contributed by atoms with Gasteiger partial charge in [0, 0.05) is 23.6 Å². The van der Waals surface area contributed by atoms with E-state index >= 15 is 0 Å². The number of carbonyl (C=O) groups is 3. The normalized spacial score (nSPS) is 34.3. The number of nitrogens with one attached hydrogen (secondary N) is 1. The number of epoxide rings is 1. The van der Waals surface area contributed by atoms with Crippen molar-refractivity contribution in [2.75, 3.05) is 0 Å². The monoisotopic (exact) mass is 396 g/mol. The molecule has 5 atom stereocenters. The molecule has 5 rings (SSSR count). The van der Waals surface area contributed by atoms with Crippen LogP contribution < -0.4 is 5.11 Å². The van der Waals surface area contributed by atoms with Crippen LogP contribution in [0.5, 0.6) is 5.75 Å². The van der Waals surface area contributed by atoms with Gasteiger partial charge in [0.25, 0.3) is 0 Å². The van der Waals surface area contributed by atoms with Crippen LogP contribution in [0.25, 0.3) is 5.53 Å². The molecular formula is C20H16N2O7. The van der Waals surface area contributed by atoms with Gasteiger partial charge in [-0.2, -0.15) is 0 Å². The molecule has 9 nitrogen and oxygen atoms in total. The maximum atomic E-state index is 13.3. The average Bonchev–Trinajstić information content (AvgIpc) is 3.25. The number of phenols is 1. The van der Waals surface area contributed by atoms with Crippen LogP contribution in [0, 0.1) is 0 Å².